The number of benzene rings is 2. The lowest BCUT2D eigenvalue weighted by molar-refractivity contribution is 0.217. The molecule has 2 amide bonds. The van der Waals surface area contributed by atoms with E-state index in [9.17, 15) is 14.3 Å². The van der Waals surface area contributed by atoms with Gasteiger partial charge in [-0.25, -0.2) is 13.6 Å². The third kappa shape index (κ3) is 8.46. The first-order valence-corrected chi connectivity index (χ1v) is 15.9. The Balaban J connectivity index is 0.000000320. The molecule has 3 aromatic rings. The van der Waals surface area contributed by atoms with Gasteiger partial charge in [0.25, 0.3) is 0 Å². The molecule has 0 radical (unpaired) electrons. The number of aliphatic hydroxyl groups is 1. The SMILES string of the molecule is CNC(CCc1cnc(-c2cc(O)cc3ccccc23)c(F)c1NC(N)=O)CC1CCCN1.CO.C[C@@]12CCCN1CC(F)C2. The van der Waals surface area contributed by atoms with E-state index in [1.165, 1.54) is 25.3 Å². The van der Waals surface area contributed by atoms with Crippen LogP contribution in [0.5, 0.6) is 5.75 Å². The third-order valence-corrected chi connectivity index (χ3v) is 9.34. The number of carbonyl (C=O) groups is 1. The molecule has 246 valence electrons. The molecule has 4 atom stereocenters. The van der Waals surface area contributed by atoms with E-state index < -0.39 is 18.0 Å². The zero-order chi connectivity index (χ0) is 32.6. The maximum atomic E-state index is 15.7. The molecular weight excluding hydrogens is 578 g/mol. The second-order valence-corrected chi connectivity index (χ2v) is 12.4. The highest BCUT2D eigenvalue weighted by Crippen LogP contribution is 2.39. The van der Waals surface area contributed by atoms with Crippen LogP contribution in [-0.2, 0) is 6.42 Å². The van der Waals surface area contributed by atoms with E-state index in [4.69, 9.17) is 10.8 Å². The highest BCUT2D eigenvalue weighted by molar-refractivity contribution is 5.98. The number of aromatic hydroxyl groups is 1. The van der Waals surface area contributed by atoms with Crippen LogP contribution < -0.4 is 21.7 Å². The number of primary amides is 1. The van der Waals surface area contributed by atoms with Crippen molar-refractivity contribution in [2.45, 2.75) is 82.1 Å². The number of hydrogen-bond donors (Lipinski definition) is 6. The van der Waals surface area contributed by atoms with Crippen LogP contribution in [0, 0.1) is 5.82 Å². The topological polar surface area (TPSA) is 136 Å². The number of nitrogens with one attached hydrogen (secondary N) is 3. The fourth-order valence-corrected chi connectivity index (χ4v) is 7.06. The summed E-state index contributed by atoms with van der Waals surface area (Å²) in [6.07, 6.45) is 8.90. The molecule has 11 heteroatoms. The number of nitrogens with zero attached hydrogens (tertiary/aromatic N) is 2. The van der Waals surface area contributed by atoms with Crippen molar-refractivity contribution in [1.82, 2.24) is 20.5 Å². The van der Waals surface area contributed by atoms with Gasteiger partial charge in [0.15, 0.2) is 5.82 Å². The highest BCUT2D eigenvalue weighted by atomic mass is 19.1. The van der Waals surface area contributed by atoms with E-state index in [1.807, 2.05) is 31.3 Å². The van der Waals surface area contributed by atoms with Gasteiger partial charge in [-0.2, -0.15) is 0 Å². The molecule has 2 aromatic carbocycles. The fraction of sp³-hybridized carbons (Fsp3) is 0.529. The summed E-state index contributed by atoms with van der Waals surface area (Å²) in [4.78, 5) is 18.4. The zero-order valence-corrected chi connectivity index (χ0v) is 26.6. The van der Waals surface area contributed by atoms with Crippen LogP contribution >= 0.6 is 0 Å². The minimum atomic E-state index is -0.839. The number of carbonyl (C=O) groups excluding carboxylic acids is 1. The van der Waals surface area contributed by atoms with Gasteiger partial charge >= 0.3 is 6.03 Å². The normalized spacial score (nSPS) is 23.1. The molecule has 9 nitrogen and oxygen atoms in total. The number of alkyl halides is 1. The number of amides is 2. The molecule has 3 aliphatic rings. The largest absolute Gasteiger partial charge is 0.508 e. The van der Waals surface area contributed by atoms with Crippen LogP contribution in [0.15, 0.2) is 42.6 Å². The Kier molecular flexibility index (Phi) is 12.1. The summed E-state index contributed by atoms with van der Waals surface area (Å²) in [6.45, 7) is 5.06. The van der Waals surface area contributed by atoms with Crippen LogP contribution in [0.3, 0.4) is 0 Å². The average molecular weight is 627 g/mol. The zero-order valence-electron chi connectivity index (χ0n) is 26.6. The van der Waals surface area contributed by atoms with E-state index in [-0.39, 0.29) is 28.7 Å². The number of rotatable bonds is 8. The summed E-state index contributed by atoms with van der Waals surface area (Å²) in [7, 11) is 2.93. The lowest BCUT2D eigenvalue weighted by Crippen LogP contribution is -2.34. The molecule has 3 fully saturated rings. The molecule has 1 aromatic heterocycles. The molecule has 45 heavy (non-hydrogen) atoms. The van der Waals surface area contributed by atoms with Crippen molar-refractivity contribution in [2.24, 2.45) is 5.73 Å². The predicted molar refractivity (Wildman–Crippen MR) is 176 cm³/mol. The first-order chi connectivity index (χ1) is 21.7. The molecule has 0 aliphatic carbocycles. The first-order valence-electron chi connectivity index (χ1n) is 15.9. The Morgan fingerprint density at radius 1 is 1.27 bits per heavy atom. The van der Waals surface area contributed by atoms with Crippen molar-refractivity contribution in [3.8, 4) is 17.0 Å². The number of halogens is 2. The van der Waals surface area contributed by atoms with Crippen LogP contribution in [0.25, 0.3) is 22.0 Å². The summed E-state index contributed by atoms with van der Waals surface area (Å²) in [5, 5.41) is 28.0. The molecule has 3 saturated heterocycles. The van der Waals surface area contributed by atoms with E-state index in [1.54, 1.807) is 12.3 Å². The van der Waals surface area contributed by atoms with Crippen molar-refractivity contribution in [2.75, 3.05) is 39.1 Å². The number of nitrogens with two attached hydrogens (primary N) is 1. The van der Waals surface area contributed by atoms with E-state index >= 15 is 4.39 Å². The Morgan fingerprint density at radius 3 is 2.73 bits per heavy atom. The van der Waals surface area contributed by atoms with E-state index in [0.29, 0.717) is 30.1 Å². The molecular formula is C34H48F2N6O3. The molecule has 4 heterocycles. The van der Waals surface area contributed by atoms with Gasteiger partial charge in [-0.05, 0) is 107 Å². The summed E-state index contributed by atoms with van der Waals surface area (Å²) in [5.74, 6) is -0.656. The van der Waals surface area contributed by atoms with Crippen molar-refractivity contribution in [1.29, 1.82) is 0 Å². The second-order valence-electron chi connectivity index (χ2n) is 12.4. The van der Waals surface area contributed by atoms with Crippen LogP contribution in [0.1, 0.15) is 57.4 Å². The van der Waals surface area contributed by atoms with Crippen LogP contribution in [-0.4, -0.2) is 83.7 Å². The van der Waals surface area contributed by atoms with Gasteiger partial charge < -0.3 is 31.9 Å². The van der Waals surface area contributed by atoms with Gasteiger partial charge in [-0.3, -0.25) is 9.88 Å². The minimum absolute atomic E-state index is 0.00997. The summed E-state index contributed by atoms with van der Waals surface area (Å²) in [5.41, 5.74) is 6.71. The van der Waals surface area contributed by atoms with Crippen molar-refractivity contribution in [3.05, 3.63) is 54.0 Å². The molecule has 0 spiro atoms. The van der Waals surface area contributed by atoms with Crippen molar-refractivity contribution >= 4 is 22.5 Å². The third-order valence-electron chi connectivity index (χ3n) is 9.34. The molecule has 3 aliphatic heterocycles. The Labute approximate surface area is 264 Å². The van der Waals surface area contributed by atoms with Gasteiger partial charge in [-0.1, -0.05) is 24.3 Å². The lowest BCUT2D eigenvalue weighted by atomic mass is 9.97. The van der Waals surface area contributed by atoms with Crippen molar-refractivity contribution in [3.63, 3.8) is 0 Å². The lowest BCUT2D eigenvalue weighted by Gasteiger charge is -2.25. The average Bonchev–Trinajstić information content (AvgIpc) is 3.73. The number of aliphatic hydroxyl groups excluding tert-OH is 1. The number of hydrogen-bond acceptors (Lipinski definition) is 7. The Hall–Kier alpha value is -3.38. The summed E-state index contributed by atoms with van der Waals surface area (Å²) in [6, 6.07) is 10.4. The van der Waals surface area contributed by atoms with Gasteiger partial charge in [0, 0.05) is 43.0 Å². The van der Waals surface area contributed by atoms with E-state index in [2.05, 4.69) is 32.8 Å². The minimum Gasteiger partial charge on any atom is -0.508 e. The summed E-state index contributed by atoms with van der Waals surface area (Å²) >= 11 is 0. The maximum Gasteiger partial charge on any atom is 0.316 e. The quantitative estimate of drug-likeness (QED) is 0.205. The smallest absolute Gasteiger partial charge is 0.316 e. The predicted octanol–water partition coefficient (Wildman–Crippen LogP) is 5.09. The number of pyridine rings is 1. The molecule has 6 rings (SSSR count). The van der Waals surface area contributed by atoms with Gasteiger partial charge in [0.2, 0.25) is 0 Å². The van der Waals surface area contributed by atoms with Crippen LogP contribution in [0.2, 0.25) is 0 Å². The number of fused-ring (bicyclic) bond motifs is 2. The monoisotopic (exact) mass is 626 g/mol. The number of phenolic OH excluding ortho intramolecular Hbond substituents is 1. The van der Waals surface area contributed by atoms with Crippen LogP contribution in [0.4, 0.5) is 19.3 Å². The Bertz CT molecular complexity index is 1440. The second kappa shape index (κ2) is 15.8. The molecule has 0 bridgehead atoms. The number of anilines is 1. The highest BCUT2D eigenvalue weighted by Gasteiger charge is 2.44. The number of urea groups is 1. The number of aromatic nitrogens is 1. The Morgan fingerprint density at radius 2 is 2.04 bits per heavy atom. The van der Waals surface area contributed by atoms with Gasteiger partial charge in [0.1, 0.15) is 17.6 Å². The van der Waals surface area contributed by atoms with E-state index in [0.717, 1.165) is 56.7 Å². The standard InChI is InChI=1S/C25H30FN5O2.C8H14FN.CH4O/c1-28-17(12-18-6-4-10-29-18)9-8-16-14-30-24(22(26)23(16)31-25(27)33)21-13-19(32)11-15-5-2-3-7-20(15)21;1-8-3-2-4-10(8)6-7(9)5-8;1-2/h2-3,5,7,11,13-14,17-18,28-29,32H,4,6,8-10,12H2,1H3,(H3,27,30,31,33);7H,2-6H2,1H3;2H,1H3/t;7?,8-;/m.0./s1. The number of phenols is 1. The fourth-order valence-electron chi connectivity index (χ4n) is 7.06. The molecule has 3 unspecified atom stereocenters. The van der Waals surface area contributed by atoms with Crippen molar-refractivity contribution < 1.29 is 23.8 Å². The first kappa shape index (κ1) is 34.5. The maximum absolute atomic E-state index is 15.7. The van der Waals surface area contributed by atoms with Gasteiger partial charge in [-0.15, -0.1) is 0 Å². The molecule has 7 N–H and O–H groups in total. The number of aryl methyl sites for hydroxylation is 1. The molecule has 0 saturated carbocycles. The van der Waals surface area contributed by atoms with Gasteiger partial charge in [0.05, 0.1) is 5.69 Å². The summed E-state index contributed by atoms with van der Waals surface area (Å²) < 4.78 is 28.6.